The highest BCUT2D eigenvalue weighted by Gasteiger charge is 2.16. The second-order valence-electron chi connectivity index (χ2n) is 6.21. The van der Waals surface area contributed by atoms with E-state index in [1.807, 2.05) is 42.5 Å². The van der Waals surface area contributed by atoms with Crippen molar-refractivity contribution in [1.82, 2.24) is 10.6 Å². The van der Waals surface area contributed by atoms with Crippen LogP contribution in [0.2, 0.25) is 0 Å². The Morgan fingerprint density at radius 2 is 1.50 bits per heavy atom. The number of hydrogen-bond acceptors (Lipinski definition) is 3. The van der Waals surface area contributed by atoms with Gasteiger partial charge in [-0.25, -0.2) is 4.79 Å². The Morgan fingerprint density at radius 3 is 2.27 bits per heavy atom. The van der Waals surface area contributed by atoms with Gasteiger partial charge in [-0.2, -0.15) is 0 Å². The predicted octanol–water partition coefficient (Wildman–Crippen LogP) is 2.84. The number of amides is 3. The minimum absolute atomic E-state index is 0.146. The highest BCUT2D eigenvalue weighted by Crippen LogP contribution is 2.28. The van der Waals surface area contributed by atoms with Gasteiger partial charge in [0, 0.05) is 31.7 Å². The van der Waals surface area contributed by atoms with Crippen molar-refractivity contribution in [3.63, 3.8) is 0 Å². The molecule has 2 aromatic carbocycles. The number of carbonyl (C=O) groups excluding carboxylic acids is 2. The summed E-state index contributed by atoms with van der Waals surface area (Å²) in [5.74, 6) is -0.146. The van der Waals surface area contributed by atoms with Gasteiger partial charge in [-0.05, 0) is 37.1 Å². The van der Waals surface area contributed by atoms with Crippen molar-refractivity contribution in [3.8, 4) is 0 Å². The first-order valence-corrected chi connectivity index (χ1v) is 8.96. The van der Waals surface area contributed by atoms with E-state index >= 15 is 0 Å². The molecular formula is C20H24N4O2. The minimum atomic E-state index is -0.273. The summed E-state index contributed by atoms with van der Waals surface area (Å²) in [6.45, 7) is 2.77. The SMILES string of the molecule is O=C(NCCNC(=O)c1ccccc1)Nc1ccccc1N1CCCC1. The lowest BCUT2D eigenvalue weighted by Crippen LogP contribution is -2.37. The van der Waals surface area contributed by atoms with Crippen molar-refractivity contribution in [2.75, 3.05) is 36.4 Å². The first-order chi connectivity index (χ1) is 12.7. The van der Waals surface area contributed by atoms with E-state index in [1.165, 1.54) is 12.8 Å². The van der Waals surface area contributed by atoms with Crippen LogP contribution in [0.15, 0.2) is 54.6 Å². The molecular weight excluding hydrogens is 328 g/mol. The summed E-state index contributed by atoms with van der Waals surface area (Å²) < 4.78 is 0. The topological polar surface area (TPSA) is 73.5 Å². The summed E-state index contributed by atoms with van der Waals surface area (Å²) in [7, 11) is 0. The van der Waals surface area contributed by atoms with Crippen LogP contribution in [0, 0.1) is 0 Å². The van der Waals surface area contributed by atoms with Gasteiger partial charge in [0.2, 0.25) is 0 Å². The number of carbonyl (C=O) groups is 2. The van der Waals surface area contributed by atoms with Gasteiger partial charge < -0.3 is 20.9 Å². The zero-order chi connectivity index (χ0) is 18.2. The molecule has 26 heavy (non-hydrogen) atoms. The number of para-hydroxylation sites is 2. The molecule has 0 atom stereocenters. The zero-order valence-corrected chi connectivity index (χ0v) is 14.7. The molecule has 0 unspecified atom stereocenters. The summed E-state index contributed by atoms with van der Waals surface area (Å²) >= 11 is 0. The quantitative estimate of drug-likeness (QED) is 0.700. The molecule has 1 aliphatic rings. The molecule has 3 rings (SSSR count). The lowest BCUT2D eigenvalue weighted by Gasteiger charge is -2.21. The van der Waals surface area contributed by atoms with Crippen LogP contribution in [-0.2, 0) is 0 Å². The van der Waals surface area contributed by atoms with Crippen LogP contribution in [0.5, 0.6) is 0 Å². The first-order valence-electron chi connectivity index (χ1n) is 8.96. The molecule has 3 N–H and O–H groups in total. The third-order valence-electron chi connectivity index (χ3n) is 4.33. The minimum Gasteiger partial charge on any atom is -0.370 e. The molecule has 1 fully saturated rings. The Hall–Kier alpha value is -3.02. The van der Waals surface area contributed by atoms with Crippen molar-refractivity contribution in [2.45, 2.75) is 12.8 Å². The summed E-state index contributed by atoms with van der Waals surface area (Å²) in [5.41, 5.74) is 2.47. The molecule has 0 saturated carbocycles. The summed E-state index contributed by atoms with van der Waals surface area (Å²) in [6, 6.07) is 16.6. The highest BCUT2D eigenvalue weighted by atomic mass is 16.2. The van der Waals surface area contributed by atoms with E-state index in [1.54, 1.807) is 12.1 Å². The van der Waals surface area contributed by atoms with Gasteiger partial charge in [0.25, 0.3) is 5.91 Å². The number of nitrogens with zero attached hydrogens (tertiary/aromatic N) is 1. The van der Waals surface area contributed by atoms with E-state index in [0.717, 1.165) is 24.5 Å². The van der Waals surface area contributed by atoms with Crippen molar-refractivity contribution >= 4 is 23.3 Å². The second-order valence-corrected chi connectivity index (χ2v) is 6.21. The van der Waals surface area contributed by atoms with Crippen LogP contribution in [0.4, 0.5) is 16.2 Å². The Kier molecular flexibility index (Phi) is 6.09. The molecule has 1 aliphatic heterocycles. The molecule has 0 bridgehead atoms. The number of benzene rings is 2. The van der Waals surface area contributed by atoms with Crippen LogP contribution in [0.3, 0.4) is 0 Å². The Balaban J connectivity index is 1.44. The number of urea groups is 1. The molecule has 0 aliphatic carbocycles. The maximum absolute atomic E-state index is 12.1. The van der Waals surface area contributed by atoms with Gasteiger partial charge in [-0.15, -0.1) is 0 Å². The number of anilines is 2. The molecule has 1 saturated heterocycles. The third kappa shape index (κ3) is 4.75. The van der Waals surface area contributed by atoms with Crippen LogP contribution in [0.1, 0.15) is 23.2 Å². The van der Waals surface area contributed by atoms with Gasteiger partial charge in [0.1, 0.15) is 0 Å². The Labute approximate surface area is 153 Å². The monoisotopic (exact) mass is 352 g/mol. The third-order valence-corrected chi connectivity index (χ3v) is 4.33. The number of hydrogen-bond donors (Lipinski definition) is 3. The van der Waals surface area contributed by atoms with Crippen molar-refractivity contribution < 1.29 is 9.59 Å². The summed E-state index contributed by atoms with van der Waals surface area (Å²) in [6.07, 6.45) is 2.36. The van der Waals surface area contributed by atoms with Gasteiger partial charge in [-0.3, -0.25) is 4.79 Å². The molecule has 136 valence electrons. The molecule has 0 spiro atoms. The van der Waals surface area contributed by atoms with E-state index < -0.39 is 0 Å². The van der Waals surface area contributed by atoms with E-state index in [4.69, 9.17) is 0 Å². The van der Waals surface area contributed by atoms with E-state index in [-0.39, 0.29) is 11.9 Å². The fraction of sp³-hybridized carbons (Fsp3) is 0.300. The second kappa shape index (κ2) is 8.89. The van der Waals surface area contributed by atoms with Gasteiger partial charge in [-0.1, -0.05) is 30.3 Å². The maximum atomic E-state index is 12.1. The average molecular weight is 352 g/mol. The fourth-order valence-electron chi connectivity index (χ4n) is 3.02. The van der Waals surface area contributed by atoms with E-state index in [0.29, 0.717) is 18.7 Å². The molecule has 0 radical (unpaired) electrons. The lowest BCUT2D eigenvalue weighted by molar-refractivity contribution is 0.0954. The standard InChI is InChI=1S/C20H24N4O2/c25-19(16-8-2-1-3-9-16)21-12-13-22-20(26)23-17-10-4-5-11-18(17)24-14-6-7-15-24/h1-5,8-11H,6-7,12-15H2,(H,21,25)(H2,22,23,26). The Bertz CT molecular complexity index is 742. The van der Waals surface area contributed by atoms with E-state index in [2.05, 4.69) is 20.9 Å². The molecule has 6 heteroatoms. The van der Waals surface area contributed by atoms with Crippen LogP contribution in [0.25, 0.3) is 0 Å². The largest absolute Gasteiger partial charge is 0.370 e. The predicted molar refractivity (Wildman–Crippen MR) is 104 cm³/mol. The van der Waals surface area contributed by atoms with Crippen molar-refractivity contribution in [3.05, 3.63) is 60.2 Å². The molecule has 1 heterocycles. The molecule has 3 amide bonds. The van der Waals surface area contributed by atoms with Crippen LogP contribution < -0.4 is 20.9 Å². The number of rotatable bonds is 6. The lowest BCUT2D eigenvalue weighted by atomic mass is 10.2. The average Bonchev–Trinajstić information content (AvgIpc) is 3.21. The van der Waals surface area contributed by atoms with Gasteiger partial charge in [0.05, 0.1) is 11.4 Å². The normalized spacial score (nSPS) is 13.3. The van der Waals surface area contributed by atoms with E-state index in [9.17, 15) is 9.59 Å². The number of nitrogens with one attached hydrogen (secondary N) is 3. The molecule has 6 nitrogen and oxygen atoms in total. The van der Waals surface area contributed by atoms with Gasteiger partial charge in [0.15, 0.2) is 0 Å². The van der Waals surface area contributed by atoms with Crippen molar-refractivity contribution in [2.24, 2.45) is 0 Å². The zero-order valence-electron chi connectivity index (χ0n) is 14.7. The summed E-state index contributed by atoms with van der Waals surface area (Å²) in [5, 5.41) is 8.46. The summed E-state index contributed by atoms with van der Waals surface area (Å²) in [4.78, 5) is 26.4. The first kappa shape index (κ1) is 17.8. The van der Waals surface area contributed by atoms with Crippen LogP contribution >= 0.6 is 0 Å². The van der Waals surface area contributed by atoms with Crippen LogP contribution in [-0.4, -0.2) is 38.1 Å². The van der Waals surface area contributed by atoms with Crippen molar-refractivity contribution in [1.29, 1.82) is 0 Å². The molecule has 0 aromatic heterocycles. The maximum Gasteiger partial charge on any atom is 0.319 e. The highest BCUT2D eigenvalue weighted by molar-refractivity contribution is 5.94. The fourth-order valence-corrected chi connectivity index (χ4v) is 3.02. The smallest absolute Gasteiger partial charge is 0.319 e. The molecule has 2 aromatic rings. The Morgan fingerprint density at radius 1 is 0.846 bits per heavy atom. The van der Waals surface area contributed by atoms with Gasteiger partial charge >= 0.3 is 6.03 Å².